The Morgan fingerprint density at radius 1 is 1.57 bits per heavy atom. The van der Waals surface area contributed by atoms with Crippen molar-refractivity contribution in [3.8, 4) is 11.3 Å². The molecule has 0 unspecified atom stereocenters. The van der Waals surface area contributed by atoms with Crippen molar-refractivity contribution in [2.75, 3.05) is 0 Å². The third kappa shape index (κ3) is 1.52. The van der Waals surface area contributed by atoms with Crippen LogP contribution in [-0.4, -0.2) is 26.0 Å². The number of hydrogen-bond donors (Lipinski definition) is 3. The molecule has 2 rings (SSSR count). The molecule has 2 heterocycles. The summed E-state index contributed by atoms with van der Waals surface area (Å²) in [5, 5.41) is 8.65. The lowest BCUT2D eigenvalue weighted by molar-refractivity contribution is -0.136. The Morgan fingerprint density at radius 2 is 2.43 bits per heavy atom. The highest BCUT2D eigenvalue weighted by Gasteiger charge is 2.11. The lowest BCUT2D eigenvalue weighted by atomic mass is 10.1. The fourth-order valence-corrected chi connectivity index (χ4v) is 1.33. The highest BCUT2D eigenvalue weighted by Crippen LogP contribution is 2.19. The van der Waals surface area contributed by atoms with Gasteiger partial charge in [0.2, 0.25) is 0 Å². The summed E-state index contributed by atoms with van der Waals surface area (Å²) in [5.74, 6) is -0.869. The maximum absolute atomic E-state index is 10.5. The van der Waals surface area contributed by atoms with Crippen molar-refractivity contribution in [1.82, 2.24) is 15.0 Å². The molecule has 0 aliphatic carbocycles. The molecule has 0 radical (unpaired) electrons. The van der Waals surface area contributed by atoms with Gasteiger partial charge in [0, 0.05) is 18.0 Å². The number of carboxylic acid groups (broad SMARTS) is 1. The van der Waals surface area contributed by atoms with E-state index in [-0.39, 0.29) is 6.42 Å². The van der Waals surface area contributed by atoms with Crippen LogP contribution in [0.15, 0.2) is 24.8 Å². The number of rotatable bonds is 3. The predicted octanol–water partition coefficient (Wildman–Crippen LogP) is 1.03. The average Bonchev–Trinajstić information content (AvgIpc) is 2.70. The van der Waals surface area contributed by atoms with Gasteiger partial charge in [-0.05, 0) is 6.07 Å². The van der Waals surface area contributed by atoms with E-state index in [2.05, 4.69) is 15.0 Å². The van der Waals surface area contributed by atoms with Crippen LogP contribution in [0.25, 0.3) is 11.3 Å². The molecule has 2 aromatic rings. The number of H-pyrrole nitrogens is 2. The Kier molecular flexibility index (Phi) is 2.06. The van der Waals surface area contributed by atoms with Gasteiger partial charge < -0.3 is 15.1 Å². The lowest BCUT2D eigenvalue weighted by Gasteiger charge is -1.96. The Morgan fingerprint density at radius 3 is 3.07 bits per heavy atom. The zero-order valence-electron chi connectivity index (χ0n) is 7.32. The quantitative estimate of drug-likeness (QED) is 0.677. The summed E-state index contributed by atoms with van der Waals surface area (Å²) in [7, 11) is 0. The van der Waals surface area contributed by atoms with Gasteiger partial charge in [-0.3, -0.25) is 4.79 Å². The van der Waals surface area contributed by atoms with Crippen molar-refractivity contribution in [3.63, 3.8) is 0 Å². The number of carbonyl (C=O) groups is 1. The first-order valence-corrected chi connectivity index (χ1v) is 4.14. The van der Waals surface area contributed by atoms with Crippen LogP contribution >= 0.6 is 0 Å². The molecule has 0 bridgehead atoms. The molecule has 0 aromatic carbocycles. The van der Waals surface area contributed by atoms with Crippen molar-refractivity contribution >= 4 is 5.97 Å². The molecule has 0 saturated carbocycles. The predicted molar refractivity (Wildman–Crippen MR) is 49.7 cm³/mol. The van der Waals surface area contributed by atoms with Crippen LogP contribution in [0.4, 0.5) is 0 Å². The van der Waals surface area contributed by atoms with Crippen molar-refractivity contribution in [3.05, 3.63) is 30.5 Å². The second-order valence-corrected chi connectivity index (χ2v) is 2.90. The minimum Gasteiger partial charge on any atom is -0.481 e. The minimum absolute atomic E-state index is 0.0412. The van der Waals surface area contributed by atoms with Crippen LogP contribution in [0.1, 0.15) is 5.69 Å². The summed E-state index contributed by atoms with van der Waals surface area (Å²) in [5.41, 5.74) is 2.20. The van der Waals surface area contributed by atoms with Crippen LogP contribution in [0.3, 0.4) is 0 Å². The smallest absolute Gasteiger partial charge is 0.309 e. The van der Waals surface area contributed by atoms with Gasteiger partial charge in [-0.1, -0.05) is 0 Å². The van der Waals surface area contributed by atoms with Crippen LogP contribution in [0, 0.1) is 0 Å². The molecular weight excluding hydrogens is 182 g/mol. The highest BCUT2D eigenvalue weighted by atomic mass is 16.4. The van der Waals surface area contributed by atoms with E-state index in [4.69, 9.17) is 5.11 Å². The molecule has 0 amide bonds. The van der Waals surface area contributed by atoms with E-state index in [1.54, 1.807) is 12.4 Å². The van der Waals surface area contributed by atoms with Crippen molar-refractivity contribution in [2.24, 2.45) is 0 Å². The van der Waals surface area contributed by atoms with Crippen molar-refractivity contribution < 1.29 is 9.90 Å². The lowest BCUT2D eigenvalue weighted by Crippen LogP contribution is -2.01. The fraction of sp³-hybridized carbons (Fsp3) is 0.111. The van der Waals surface area contributed by atoms with Gasteiger partial charge in [-0.25, -0.2) is 4.98 Å². The molecule has 72 valence electrons. The molecule has 0 saturated heterocycles. The van der Waals surface area contributed by atoms with Crippen molar-refractivity contribution in [1.29, 1.82) is 0 Å². The van der Waals surface area contributed by atoms with E-state index >= 15 is 0 Å². The molecule has 0 atom stereocenters. The maximum Gasteiger partial charge on any atom is 0.309 e. The van der Waals surface area contributed by atoms with Crippen LogP contribution < -0.4 is 0 Å². The van der Waals surface area contributed by atoms with Gasteiger partial charge in [0.25, 0.3) is 0 Å². The number of aromatic nitrogens is 3. The summed E-state index contributed by atoms with van der Waals surface area (Å²) in [6.45, 7) is 0. The van der Waals surface area contributed by atoms with E-state index in [0.29, 0.717) is 11.4 Å². The fourth-order valence-electron chi connectivity index (χ4n) is 1.33. The number of imidazole rings is 1. The largest absolute Gasteiger partial charge is 0.481 e. The summed E-state index contributed by atoms with van der Waals surface area (Å²) < 4.78 is 0. The molecular formula is C9H9N3O2. The SMILES string of the molecule is O=C(O)Cc1[nH]cnc1-c1cc[nH]c1. The Hall–Kier alpha value is -2.04. The van der Waals surface area contributed by atoms with Crippen LogP contribution in [-0.2, 0) is 11.2 Å². The zero-order chi connectivity index (χ0) is 9.97. The van der Waals surface area contributed by atoms with Gasteiger partial charge >= 0.3 is 5.97 Å². The van der Waals surface area contributed by atoms with Gasteiger partial charge in [0.05, 0.1) is 24.1 Å². The summed E-state index contributed by atoms with van der Waals surface area (Å²) in [4.78, 5) is 20.3. The Labute approximate surface area is 79.8 Å². The monoisotopic (exact) mass is 191 g/mol. The van der Waals surface area contributed by atoms with Crippen LogP contribution in [0.2, 0.25) is 0 Å². The first-order valence-electron chi connectivity index (χ1n) is 4.14. The second-order valence-electron chi connectivity index (χ2n) is 2.90. The molecule has 0 fully saturated rings. The minimum atomic E-state index is -0.869. The molecule has 0 aliphatic rings. The van der Waals surface area contributed by atoms with Crippen molar-refractivity contribution in [2.45, 2.75) is 6.42 Å². The molecule has 0 aliphatic heterocycles. The van der Waals surface area contributed by atoms with Gasteiger partial charge in [0.15, 0.2) is 0 Å². The zero-order valence-corrected chi connectivity index (χ0v) is 7.32. The van der Waals surface area contributed by atoms with E-state index in [0.717, 1.165) is 5.56 Å². The summed E-state index contributed by atoms with van der Waals surface area (Å²) in [6.07, 6.45) is 5.01. The number of nitrogens with one attached hydrogen (secondary N) is 2. The normalized spacial score (nSPS) is 10.3. The maximum atomic E-state index is 10.5. The van der Waals surface area contributed by atoms with E-state index in [1.807, 2.05) is 6.07 Å². The Balaban J connectivity index is 2.35. The molecule has 0 spiro atoms. The van der Waals surface area contributed by atoms with E-state index < -0.39 is 5.97 Å². The highest BCUT2D eigenvalue weighted by molar-refractivity contribution is 5.73. The number of nitrogens with zero attached hydrogens (tertiary/aromatic N) is 1. The van der Waals surface area contributed by atoms with E-state index in [1.165, 1.54) is 6.33 Å². The first-order chi connectivity index (χ1) is 6.77. The number of hydrogen-bond acceptors (Lipinski definition) is 2. The Bertz CT molecular complexity index is 431. The standard InChI is InChI=1S/C9H9N3O2/c13-8(14)3-7-9(12-5-11-7)6-1-2-10-4-6/h1-2,4-5,10H,3H2,(H,11,12)(H,13,14). The van der Waals surface area contributed by atoms with Gasteiger partial charge in [0.1, 0.15) is 0 Å². The third-order valence-electron chi connectivity index (χ3n) is 1.92. The van der Waals surface area contributed by atoms with Gasteiger partial charge in [-0.2, -0.15) is 0 Å². The molecule has 14 heavy (non-hydrogen) atoms. The number of aliphatic carboxylic acids is 1. The molecule has 5 nitrogen and oxygen atoms in total. The van der Waals surface area contributed by atoms with Crippen LogP contribution in [0.5, 0.6) is 0 Å². The first kappa shape index (κ1) is 8.55. The molecule has 5 heteroatoms. The topological polar surface area (TPSA) is 81.8 Å². The number of carboxylic acids is 1. The molecule has 3 N–H and O–H groups in total. The summed E-state index contributed by atoms with van der Waals surface area (Å²) >= 11 is 0. The van der Waals surface area contributed by atoms with E-state index in [9.17, 15) is 4.79 Å². The number of aromatic amines is 2. The van der Waals surface area contributed by atoms with Gasteiger partial charge in [-0.15, -0.1) is 0 Å². The molecule has 2 aromatic heterocycles. The second kappa shape index (κ2) is 3.37. The summed E-state index contributed by atoms with van der Waals surface area (Å²) in [6, 6.07) is 1.85. The average molecular weight is 191 g/mol. The third-order valence-corrected chi connectivity index (χ3v) is 1.92.